The Balaban J connectivity index is 2.08. The molecule has 1 aliphatic heterocycles. The molecule has 1 saturated carbocycles. The fourth-order valence-electron chi connectivity index (χ4n) is 5.12. The van der Waals surface area contributed by atoms with Crippen LogP contribution in [0.4, 0.5) is 0 Å². The van der Waals surface area contributed by atoms with E-state index in [1.165, 1.54) is 0 Å². The number of hydrogen-bond acceptors (Lipinski definition) is 6. The van der Waals surface area contributed by atoms with Gasteiger partial charge in [-0.3, -0.25) is 15.5 Å². The molecule has 1 aliphatic carbocycles. The summed E-state index contributed by atoms with van der Waals surface area (Å²) in [7, 11) is 1.67. The van der Waals surface area contributed by atoms with Gasteiger partial charge < -0.3 is 14.9 Å². The van der Waals surface area contributed by atoms with Gasteiger partial charge in [0.25, 0.3) is 0 Å². The van der Waals surface area contributed by atoms with Gasteiger partial charge in [-0.05, 0) is 63.7 Å². The van der Waals surface area contributed by atoms with Gasteiger partial charge in [0.15, 0.2) is 0 Å². The van der Waals surface area contributed by atoms with Crippen molar-refractivity contribution in [3.05, 3.63) is 12.2 Å². The molecule has 2 fully saturated rings. The van der Waals surface area contributed by atoms with E-state index in [-0.39, 0.29) is 23.2 Å². The van der Waals surface area contributed by atoms with Crippen LogP contribution < -0.4 is 10.6 Å². The molecule has 6 unspecified atom stereocenters. The minimum absolute atomic E-state index is 0.151. The number of rotatable bonds is 13. The molecular weight excluding hydrogens is 378 g/mol. The van der Waals surface area contributed by atoms with Crippen molar-refractivity contribution in [3.63, 3.8) is 0 Å². The van der Waals surface area contributed by atoms with E-state index < -0.39 is 12.5 Å². The first-order chi connectivity index (χ1) is 14.1. The van der Waals surface area contributed by atoms with Crippen LogP contribution in [-0.2, 0) is 4.74 Å². The maximum Gasteiger partial charge on any atom is 0.124 e. The number of nitrogens with zero attached hydrogens (tertiary/aromatic N) is 1. The lowest BCUT2D eigenvalue weighted by atomic mass is 9.84. The number of fused-ring (bicyclic) bond motifs is 1. The van der Waals surface area contributed by atoms with Gasteiger partial charge in [0.05, 0.1) is 11.6 Å². The van der Waals surface area contributed by atoms with E-state index in [0.717, 1.165) is 45.1 Å². The smallest absolute Gasteiger partial charge is 0.124 e. The molecule has 0 aromatic heterocycles. The highest BCUT2D eigenvalue weighted by Gasteiger charge is 2.68. The highest BCUT2D eigenvalue weighted by atomic mass is 16.5. The van der Waals surface area contributed by atoms with Crippen molar-refractivity contribution >= 4 is 0 Å². The molecule has 0 bridgehead atoms. The third-order valence-electron chi connectivity index (χ3n) is 7.21. The number of hydrogen-bond donors (Lipinski definition) is 4. The predicted molar refractivity (Wildman–Crippen MR) is 123 cm³/mol. The molecular formula is C24H47N3O3. The second-order valence-corrected chi connectivity index (χ2v) is 10.4. The fraction of sp³-hybridized carbons (Fsp3) is 0.917. The Morgan fingerprint density at radius 3 is 2.50 bits per heavy atom. The number of allylic oxidation sites excluding steroid dienone is 2. The Kier molecular flexibility index (Phi) is 9.35. The van der Waals surface area contributed by atoms with Crippen LogP contribution >= 0.6 is 0 Å². The topological polar surface area (TPSA) is 77.0 Å². The molecule has 0 aromatic rings. The summed E-state index contributed by atoms with van der Waals surface area (Å²) >= 11 is 0. The van der Waals surface area contributed by atoms with Crippen LogP contribution in [-0.4, -0.2) is 65.1 Å². The van der Waals surface area contributed by atoms with Crippen molar-refractivity contribution in [2.75, 3.05) is 13.7 Å². The molecule has 7 atom stereocenters. The van der Waals surface area contributed by atoms with Crippen LogP contribution in [0.2, 0.25) is 0 Å². The van der Waals surface area contributed by atoms with E-state index in [0.29, 0.717) is 12.0 Å². The maximum absolute atomic E-state index is 11.5. The van der Waals surface area contributed by atoms with Crippen molar-refractivity contribution in [2.24, 2.45) is 11.3 Å². The number of unbranched alkanes of at least 4 members (excludes halogenated alkanes) is 1. The molecule has 0 spiro atoms. The molecule has 30 heavy (non-hydrogen) atoms. The first-order valence-corrected chi connectivity index (χ1v) is 11.9. The number of nitrogens with one attached hydrogen (secondary N) is 2. The standard InChI is InChI=1S/C24H47N3O3/c1-8-10-11-12-13-19(9-2)26-22(29)24-16-18(24)14-15-27(24)21(28)20(23(4,5)6)25-17(3)30-7/h8,10,17-22,25-26,28-29H,9,11-16H2,1-7H3/b10-8+/t17?,18?,19?,20-,21?,22?,24?/m1/s1. The zero-order valence-corrected chi connectivity index (χ0v) is 20.3. The highest BCUT2D eigenvalue weighted by molar-refractivity contribution is 5.20. The average molecular weight is 426 g/mol. The van der Waals surface area contributed by atoms with Crippen molar-refractivity contribution in [1.29, 1.82) is 0 Å². The molecule has 2 aliphatic rings. The summed E-state index contributed by atoms with van der Waals surface area (Å²) in [5, 5.41) is 29.7. The van der Waals surface area contributed by atoms with Gasteiger partial charge >= 0.3 is 0 Å². The third kappa shape index (κ3) is 5.84. The molecule has 0 amide bonds. The SMILES string of the molecule is C/C=C/CCCC(CC)NC(O)C12CC1CCN2C(O)[C@@H](NC(C)OC)C(C)(C)C. The van der Waals surface area contributed by atoms with Crippen LogP contribution in [0.5, 0.6) is 0 Å². The third-order valence-corrected chi connectivity index (χ3v) is 7.21. The van der Waals surface area contributed by atoms with E-state index in [1.807, 2.05) is 6.92 Å². The molecule has 176 valence electrons. The normalized spacial score (nSPS) is 29.6. The van der Waals surface area contributed by atoms with E-state index in [2.05, 4.69) is 62.3 Å². The van der Waals surface area contributed by atoms with E-state index in [9.17, 15) is 10.2 Å². The number of aliphatic hydroxyl groups is 2. The van der Waals surface area contributed by atoms with Crippen LogP contribution in [0.25, 0.3) is 0 Å². The summed E-state index contributed by atoms with van der Waals surface area (Å²) in [5.41, 5.74) is -0.505. The largest absolute Gasteiger partial charge is 0.377 e. The van der Waals surface area contributed by atoms with Crippen LogP contribution in [0.1, 0.15) is 80.1 Å². The zero-order chi connectivity index (χ0) is 22.5. The van der Waals surface area contributed by atoms with Gasteiger partial charge in [-0.1, -0.05) is 39.8 Å². The van der Waals surface area contributed by atoms with Crippen LogP contribution in [0, 0.1) is 11.3 Å². The van der Waals surface area contributed by atoms with Crippen molar-refractivity contribution in [1.82, 2.24) is 15.5 Å². The van der Waals surface area contributed by atoms with Gasteiger partial charge in [0.2, 0.25) is 0 Å². The Bertz CT molecular complexity index is 550. The molecule has 4 N–H and O–H groups in total. The minimum atomic E-state index is -0.679. The van der Waals surface area contributed by atoms with Gasteiger partial charge in [0, 0.05) is 19.7 Å². The highest BCUT2D eigenvalue weighted by Crippen LogP contribution is 2.58. The van der Waals surface area contributed by atoms with Gasteiger partial charge in [-0.25, -0.2) is 0 Å². The monoisotopic (exact) mass is 425 g/mol. The van der Waals surface area contributed by atoms with Gasteiger partial charge in [0.1, 0.15) is 18.7 Å². The first-order valence-electron chi connectivity index (χ1n) is 11.9. The molecule has 0 aromatic carbocycles. The number of piperidine rings is 1. The van der Waals surface area contributed by atoms with E-state index >= 15 is 0 Å². The summed E-state index contributed by atoms with van der Waals surface area (Å²) < 4.78 is 5.41. The summed E-state index contributed by atoms with van der Waals surface area (Å²) in [6, 6.07) is 0.129. The number of methoxy groups -OCH3 is 1. The summed E-state index contributed by atoms with van der Waals surface area (Å²) in [5.74, 6) is 0.454. The fourth-order valence-corrected chi connectivity index (χ4v) is 5.12. The van der Waals surface area contributed by atoms with Crippen LogP contribution in [0.3, 0.4) is 0 Å². The lowest BCUT2D eigenvalue weighted by molar-refractivity contribution is -0.114. The number of likely N-dealkylation sites (tertiary alicyclic amines) is 1. The lowest BCUT2D eigenvalue weighted by Gasteiger charge is -2.45. The zero-order valence-electron chi connectivity index (χ0n) is 20.3. The van der Waals surface area contributed by atoms with Crippen molar-refractivity contribution in [2.45, 2.75) is 116 Å². The number of ether oxygens (including phenoxy) is 1. The summed E-state index contributed by atoms with van der Waals surface area (Å²) in [6.45, 7) is 13.4. The Morgan fingerprint density at radius 2 is 1.97 bits per heavy atom. The second-order valence-electron chi connectivity index (χ2n) is 10.4. The number of aliphatic hydroxyl groups excluding tert-OH is 2. The average Bonchev–Trinajstić information content (AvgIpc) is 3.31. The predicted octanol–water partition coefficient (Wildman–Crippen LogP) is 3.20. The second kappa shape index (κ2) is 10.9. The summed E-state index contributed by atoms with van der Waals surface area (Å²) in [4.78, 5) is 2.16. The van der Waals surface area contributed by atoms with E-state index in [1.54, 1.807) is 7.11 Å². The van der Waals surface area contributed by atoms with Gasteiger partial charge in [-0.15, -0.1) is 0 Å². The lowest BCUT2D eigenvalue weighted by Crippen LogP contribution is -2.64. The molecule has 2 rings (SSSR count). The van der Waals surface area contributed by atoms with Crippen molar-refractivity contribution < 1.29 is 14.9 Å². The molecule has 0 radical (unpaired) electrons. The Hall–Kier alpha value is -0.500. The maximum atomic E-state index is 11.5. The summed E-state index contributed by atoms with van der Waals surface area (Å²) in [6.07, 6.45) is 9.08. The molecule has 6 nitrogen and oxygen atoms in total. The Labute approximate surface area is 184 Å². The quantitative estimate of drug-likeness (QED) is 0.206. The Morgan fingerprint density at radius 1 is 1.27 bits per heavy atom. The van der Waals surface area contributed by atoms with E-state index in [4.69, 9.17) is 4.74 Å². The van der Waals surface area contributed by atoms with Crippen LogP contribution in [0.15, 0.2) is 12.2 Å². The molecule has 1 heterocycles. The molecule has 1 saturated heterocycles. The minimum Gasteiger partial charge on any atom is -0.377 e. The molecule has 6 heteroatoms. The van der Waals surface area contributed by atoms with Gasteiger partial charge in [-0.2, -0.15) is 0 Å². The first kappa shape index (κ1) is 25.8. The van der Waals surface area contributed by atoms with Crippen molar-refractivity contribution in [3.8, 4) is 0 Å².